The number of hydrogen-bond acceptors (Lipinski definition) is 2. The number of rotatable bonds is 7. The molecule has 3 heteroatoms. The van der Waals surface area contributed by atoms with Crippen molar-refractivity contribution in [2.75, 3.05) is 12.3 Å². The minimum Gasteiger partial charge on any atom is -0.355 e. The average molecular weight is 259 g/mol. The molecule has 0 saturated carbocycles. The first-order valence-electron chi connectivity index (χ1n) is 6.61. The van der Waals surface area contributed by atoms with Gasteiger partial charge in [-0.3, -0.25) is 4.79 Å². The molecule has 0 unspecified atom stereocenters. The van der Waals surface area contributed by atoms with Crippen molar-refractivity contribution < 1.29 is 4.79 Å². The second-order valence-corrected chi connectivity index (χ2v) is 8.13. The largest absolute Gasteiger partial charge is 0.355 e. The van der Waals surface area contributed by atoms with Gasteiger partial charge in [-0.25, -0.2) is 0 Å². The van der Waals surface area contributed by atoms with Crippen LogP contribution in [0.2, 0.25) is 0 Å². The average Bonchev–Trinajstić information content (AvgIpc) is 2.19. The molecule has 102 valence electrons. The number of carbonyl (C=O) groups excluding carboxylic acids is 1. The number of hydrogen-bond donors (Lipinski definition) is 1. The molecule has 0 atom stereocenters. The van der Waals surface area contributed by atoms with Crippen molar-refractivity contribution in [3.8, 4) is 0 Å². The van der Waals surface area contributed by atoms with Crippen LogP contribution in [0.25, 0.3) is 0 Å². The first-order valence-corrected chi connectivity index (χ1v) is 7.60. The van der Waals surface area contributed by atoms with E-state index in [1.807, 2.05) is 25.6 Å². The van der Waals surface area contributed by atoms with Crippen LogP contribution in [0.4, 0.5) is 0 Å². The Balaban J connectivity index is 3.85. The first kappa shape index (κ1) is 16.8. The van der Waals surface area contributed by atoms with E-state index in [0.717, 1.165) is 31.6 Å². The van der Waals surface area contributed by atoms with Gasteiger partial charge in [0, 0.05) is 22.5 Å². The van der Waals surface area contributed by atoms with Crippen LogP contribution >= 0.6 is 11.8 Å². The zero-order valence-electron chi connectivity index (χ0n) is 12.4. The summed E-state index contributed by atoms with van der Waals surface area (Å²) >= 11 is 1.89. The Morgan fingerprint density at radius 2 is 1.76 bits per heavy atom. The van der Waals surface area contributed by atoms with Crippen LogP contribution in [0.5, 0.6) is 0 Å². The van der Waals surface area contributed by atoms with Gasteiger partial charge in [-0.15, -0.1) is 0 Å². The normalized spacial score (nSPS) is 12.6. The number of amides is 1. The Bertz CT molecular complexity index is 231. The van der Waals surface area contributed by atoms with Gasteiger partial charge in [-0.05, 0) is 6.42 Å². The first-order chi connectivity index (χ1) is 7.69. The second-order valence-electron chi connectivity index (χ2n) is 6.20. The highest BCUT2D eigenvalue weighted by molar-refractivity contribution is 8.00. The topological polar surface area (TPSA) is 29.1 Å². The zero-order chi connectivity index (χ0) is 13.5. The molecule has 0 heterocycles. The molecule has 0 aromatic rings. The maximum absolute atomic E-state index is 12.0. The molecule has 0 aromatic carbocycles. The van der Waals surface area contributed by atoms with Crippen LogP contribution in [0, 0.1) is 5.41 Å². The van der Waals surface area contributed by atoms with Gasteiger partial charge in [-0.2, -0.15) is 11.8 Å². The van der Waals surface area contributed by atoms with Crippen molar-refractivity contribution in [1.29, 1.82) is 0 Å². The fourth-order valence-corrected chi connectivity index (χ4v) is 2.31. The summed E-state index contributed by atoms with van der Waals surface area (Å²) in [5.74, 6) is 1.18. The summed E-state index contributed by atoms with van der Waals surface area (Å²) < 4.78 is 0.280. The van der Waals surface area contributed by atoms with Crippen LogP contribution in [0.3, 0.4) is 0 Å². The molecule has 0 aliphatic rings. The third-order valence-electron chi connectivity index (χ3n) is 2.69. The molecule has 1 amide bonds. The van der Waals surface area contributed by atoms with Gasteiger partial charge in [0.15, 0.2) is 0 Å². The zero-order valence-corrected chi connectivity index (χ0v) is 13.2. The van der Waals surface area contributed by atoms with Crippen LogP contribution in [0.15, 0.2) is 0 Å². The van der Waals surface area contributed by atoms with E-state index < -0.39 is 0 Å². The van der Waals surface area contributed by atoms with Crippen LogP contribution < -0.4 is 5.32 Å². The van der Waals surface area contributed by atoms with Crippen molar-refractivity contribution in [2.45, 2.75) is 65.6 Å². The third kappa shape index (κ3) is 8.53. The quantitative estimate of drug-likeness (QED) is 0.704. The minimum atomic E-state index is -0.220. The molecule has 17 heavy (non-hydrogen) atoms. The fourth-order valence-electron chi connectivity index (χ4n) is 1.49. The number of unbranched alkanes of at least 4 members (excludes halogenated alkanes) is 1. The van der Waals surface area contributed by atoms with Crippen molar-refractivity contribution >= 4 is 17.7 Å². The number of thioether (sulfide) groups is 1. The second kappa shape index (κ2) is 7.30. The van der Waals surface area contributed by atoms with Crippen LogP contribution in [-0.4, -0.2) is 23.0 Å². The number of carbonyl (C=O) groups is 1. The summed E-state index contributed by atoms with van der Waals surface area (Å²) in [6, 6.07) is 0. The highest BCUT2D eigenvalue weighted by atomic mass is 32.2. The molecule has 0 fully saturated rings. The van der Waals surface area contributed by atoms with Gasteiger partial charge in [0.25, 0.3) is 0 Å². The van der Waals surface area contributed by atoms with Crippen LogP contribution in [0.1, 0.15) is 60.8 Å². The van der Waals surface area contributed by atoms with Crippen LogP contribution in [-0.2, 0) is 4.79 Å². The van der Waals surface area contributed by atoms with Crippen molar-refractivity contribution in [2.24, 2.45) is 5.41 Å². The van der Waals surface area contributed by atoms with E-state index in [9.17, 15) is 4.79 Å². The molecular formula is C14H29NOS. The lowest BCUT2D eigenvalue weighted by Crippen LogP contribution is -2.38. The molecule has 2 nitrogen and oxygen atoms in total. The maximum Gasteiger partial charge on any atom is 0.225 e. The van der Waals surface area contributed by atoms with Crippen molar-refractivity contribution in [3.05, 3.63) is 0 Å². The Morgan fingerprint density at radius 1 is 1.18 bits per heavy atom. The lowest BCUT2D eigenvalue weighted by Gasteiger charge is -2.24. The predicted octanol–water partition coefficient (Wildman–Crippen LogP) is 3.85. The molecular weight excluding hydrogens is 230 g/mol. The van der Waals surface area contributed by atoms with Gasteiger partial charge in [0.05, 0.1) is 0 Å². The highest BCUT2D eigenvalue weighted by Crippen LogP contribution is 2.24. The summed E-state index contributed by atoms with van der Waals surface area (Å²) in [4.78, 5) is 12.0. The summed E-state index contributed by atoms with van der Waals surface area (Å²) in [6.45, 7) is 13.6. The molecule has 0 radical (unpaired) electrons. The van der Waals surface area contributed by atoms with E-state index in [-0.39, 0.29) is 16.1 Å². The molecule has 0 spiro atoms. The van der Waals surface area contributed by atoms with Gasteiger partial charge in [-0.1, -0.05) is 54.4 Å². The lowest BCUT2D eigenvalue weighted by atomic mass is 9.86. The monoisotopic (exact) mass is 259 g/mol. The molecule has 0 aromatic heterocycles. The molecule has 1 N–H and O–H groups in total. The van der Waals surface area contributed by atoms with E-state index in [4.69, 9.17) is 0 Å². The van der Waals surface area contributed by atoms with E-state index >= 15 is 0 Å². The molecule has 0 bridgehead atoms. The van der Waals surface area contributed by atoms with Gasteiger partial charge < -0.3 is 5.32 Å². The smallest absolute Gasteiger partial charge is 0.225 e. The van der Waals surface area contributed by atoms with Gasteiger partial charge in [0.2, 0.25) is 5.91 Å². The van der Waals surface area contributed by atoms with Gasteiger partial charge in [0.1, 0.15) is 0 Å². The maximum atomic E-state index is 12.0. The Hall–Kier alpha value is -0.180. The van der Waals surface area contributed by atoms with E-state index in [1.165, 1.54) is 0 Å². The Morgan fingerprint density at radius 3 is 2.24 bits per heavy atom. The van der Waals surface area contributed by atoms with Gasteiger partial charge >= 0.3 is 0 Å². The Kier molecular flexibility index (Phi) is 7.22. The summed E-state index contributed by atoms with van der Waals surface area (Å²) in [6.07, 6.45) is 3.25. The Labute approximate surface area is 111 Å². The fraction of sp³-hybridized carbons (Fsp3) is 0.929. The molecule has 0 saturated heterocycles. The number of nitrogens with one attached hydrogen (secondary N) is 1. The molecule has 0 rings (SSSR count). The minimum absolute atomic E-state index is 0.195. The highest BCUT2D eigenvalue weighted by Gasteiger charge is 2.26. The summed E-state index contributed by atoms with van der Waals surface area (Å²) in [5.41, 5.74) is -0.220. The van der Waals surface area contributed by atoms with E-state index in [0.29, 0.717) is 0 Å². The van der Waals surface area contributed by atoms with E-state index in [2.05, 4.69) is 33.0 Å². The predicted molar refractivity (Wildman–Crippen MR) is 78.5 cm³/mol. The molecule has 0 aliphatic heterocycles. The van der Waals surface area contributed by atoms with E-state index in [1.54, 1.807) is 0 Å². The lowest BCUT2D eigenvalue weighted by molar-refractivity contribution is -0.129. The third-order valence-corrected chi connectivity index (χ3v) is 3.97. The molecule has 0 aliphatic carbocycles. The van der Waals surface area contributed by atoms with Crippen molar-refractivity contribution in [1.82, 2.24) is 5.32 Å². The standard InChI is InChI=1S/C14H29NOS/c1-7-8-9-14(5,6)12(16)15-10-11-17-13(2,3)4/h7-11H2,1-6H3,(H,15,16). The van der Waals surface area contributed by atoms with Crippen molar-refractivity contribution in [3.63, 3.8) is 0 Å². The summed E-state index contributed by atoms with van der Waals surface area (Å²) in [7, 11) is 0. The SMILES string of the molecule is CCCCC(C)(C)C(=O)NCCSC(C)(C)C. The summed E-state index contributed by atoms with van der Waals surface area (Å²) in [5, 5.41) is 3.04.